The van der Waals surface area contributed by atoms with Crippen LogP contribution in [0.15, 0.2) is 0 Å². The third kappa shape index (κ3) is 2.12. The Hall–Kier alpha value is -0.0800. The summed E-state index contributed by atoms with van der Waals surface area (Å²) in [4.78, 5) is 5.31. The molecule has 0 atom stereocenters. The van der Waals surface area contributed by atoms with Gasteiger partial charge in [-0.2, -0.15) is 0 Å². The van der Waals surface area contributed by atoms with Crippen molar-refractivity contribution in [1.82, 2.24) is 9.80 Å². The lowest BCUT2D eigenvalue weighted by molar-refractivity contribution is -0.186. The molecule has 0 aromatic rings. The molecule has 2 saturated heterocycles. The maximum atomic E-state index is 2.69. The van der Waals surface area contributed by atoms with Crippen LogP contribution in [0, 0.1) is 10.8 Å². The molecule has 0 bridgehead atoms. The molecular formula is C16H32N2. The second kappa shape index (κ2) is 3.73. The fourth-order valence-corrected chi connectivity index (χ4v) is 3.07. The van der Waals surface area contributed by atoms with Gasteiger partial charge in [-0.15, -0.1) is 0 Å². The predicted molar refractivity (Wildman–Crippen MR) is 78.9 cm³/mol. The van der Waals surface area contributed by atoms with Crippen molar-refractivity contribution in [1.29, 1.82) is 0 Å². The van der Waals surface area contributed by atoms with Gasteiger partial charge in [-0.3, -0.25) is 9.80 Å². The molecule has 2 fully saturated rings. The van der Waals surface area contributed by atoms with Gasteiger partial charge in [0.25, 0.3) is 0 Å². The van der Waals surface area contributed by atoms with Crippen LogP contribution in [0.3, 0.4) is 0 Å². The molecule has 0 aromatic carbocycles. The highest BCUT2D eigenvalue weighted by Gasteiger charge is 2.57. The number of hydrogen-bond acceptors (Lipinski definition) is 2. The molecule has 2 aliphatic rings. The summed E-state index contributed by atoms with van der Waals surface area (Å²) in [6, 6.07) is 0. The molecule has 0 radical (unpaired) electrons. The maximum Gasteiger partial charge on any atom is 0.0213 e. The highest BCUT2D eigenvalue weighted by atomic mass is 15.4. The Labute approximate surface area is 114 Å². The van der Waals surface area contributed by atoms with E-state index in [4.69, 9.17) is 0 Å². The van der Waals surface area contributed by atoms with Crippen LogP contribution >= 0.6 is 0 Å². The average Bonchev–Trinajstić information content (AvgIpc) is 1.91. The van der Waals surface area contributed by atoms with Crippen molar-refractivity contribution in [3.8, 4) is 0 Å². The molecule has 2 aliphatic heterocycles. The van der Waals surface area contributed by atoms with Crippen molar-refractivity contribution in [2.24, 2.45) is 10.8 Å². The average molecular weight is 252 g/mol. The SMILES string of the molecule is CC(C)(C)N1CC2(C1)CN(C(C)(C)C(C)(C)C)C2. The van der Waals surface area contributed by atoms with Crippen LogP contribution in [0.5, 0.6) is 0 Å². The molecular weight excluding hydrogens is 220 g/mol. The van der Waals surface area contributed by atoms with E-state index in [-0.39, 0.29) is 0 Å². The molecule has 0 amide bonds. The Morgan fingerprint density at radius 1 is 0.667 bits per heavy atom. The molecule has 106 valence electrons. The van der Waals surface area contributed by atoms with E-state index < -0.39 is 0 Å². The summed E-state index contributed by atoms with van der Waals surface area (Å²) >= 11 is 0. The molecule has 0 unspecified atom stereocenters. The lowest BCUT2D eigenvalue weighted by Gasteiger charge is -2.68. The Bertz CT molecular complexity index is 316. The van der Waals surface area contributed by atoms with E-state index in [0.717, 1.165) is 0 Å². The molecule has 0 N–H and O–H groups in total. The van der Waals surface area contributed by atoms with Gasteiger partial charge in [0, 0.05) is 42.7 Å². The van der Waals surface area contributed by atoms with Crippen LogP contribution < -0.4 is 0 Å². The maximum absolute atomic E-state index is 2.69. The molecule has 0 aliphatic carbocycles. The number of hydrogen-bond donors (Lipinski definition) is 0. The first-order valence-corrected chi connectivity index (χ1v) is 7.38. The van der Waals surface area contributed by atoms with Crippen molar-refractivity contribution < 1.29 is 0 Å². The fraction of sp³-hybridized carbons (Fsp3) is 1.00. The van der Waals surface area contributed by atoms with E-state index in [1.807, 2.05) is 0 Å². The topological polar surface area (TPSA) is 6.48 Å². The summed E-state index contributed by atoms with van der Waals surface area (Å²) in [6.45, 7) is 24.1. The molecule has 0 saturated carbocycles. The van der Waals surface area contributed by atoms with Crippen molar-refractivity contribution in [2.45, 2.75) is 66.5 Å². The first-order chi connectivity index (χ1) is 7.87. The van der Waals surface area contributed by atoms with Crippen molar-refractivity contribution >= 4 is 0 Å². The molecule has 2 heteroatoms. The highest BCUT2D eigenvalue weighted by molar-refractivity contribution is 5.12. The van der Waals surface area contributed by atoms with Crippen LogP contribution in [0.2, 0.25) is 0 Å². The van der Waals surface area contributed by atoms with Crippen LogP contribution in [0.25, 0.3) is 0 Å². The Kier molecular flexibility index (Phi) is 2.97. The summed E-state index contributed by atoms with van der Waals surface area (Å²) < 4.78 is 0. The quantitative estimate of drug-likeness (QED) is 0.707. The van der Waals surface area contributed by atoms with E-state index in [2.05, 4.69) is 65.2 Å². The molecule has 2 heterocycles. The van der Waals surface area contributed by atoms with Crippen molar-refractivity contribution in [2.75, 3.05) is 26.2 Å². The van der Waals surface area contributed by atoms with Gasteiger partial charge in [-0.1, -0.05) is 20.8 Å². The lowest BCUT2D eigenvalue weighted by Crippen LogP contribution is -2.78. The third-order valence-electron chi connectivity index (χ3n) is 5.68. The zero-order valence-corrected chi connectivity index (χ0v) is 13.7. The number of rotatable bonds is 1. The highest BCUT2D eigenvalue weighted by Crippen LogP contribution is 2.48. The van der Waals surface area contributed by atoms with E-state index >= 15 is 0 Å². The first kappa shape index (κ1) is 14.3. The molecule has 2 nitrogen and oxygen atoms in total. The Morgan fingerprint density at radius 2 is 1.06 bits per heavy atom. The normalized spacial score (nSPS) is 26.0. The summed E-state index contributed by atoms with van der Waals surface area (Å²) in [5.41, 5.74) is 1.63. The zero-order chi connectivity index (χ0) is 14.0. The van der Waals surface area contributed by atoms with Gasteiger partial charge in [0.2, 0.25) is 0 Å². The summed E-state index contributed by atoms with van der Waals surface area (Å²) in [6.07, 6.45) is 0. The monoisotopic (exact) mass is 252 g/mol. The molecule has 0 aromatic heterocycles. The predicted octanol–water partition coefficient (Wildman–Crippen LogP) is 3.23. The van der Waals surface area contributed by atoms with Gasteiger partial charge in [0.1, 0.15) is 0 Å². The van der Waals surface area contributed by atoms with Crippen LogP contribution in [-0.2, 0) is 0 Å². The Morgan fingerprint density at radius 3 is 1.39 bits per heavy atom. The van der Waals surface area contributed by atoms with Gasteiger partial charge in [-0.25, -0.2) is 0 Å². The van der Waals surface area contributed by atoms with Crippen molar-refractivity contribution in [3.63, 3.8) is 0 Å². The number of likely N-dealkylation sites (tertiary alicyclic amines) is 2. The van der Waals surface area contributed by atoms with E-state index in [1.165, 1.54) is 26.2 Å². The number of nitrogens with zero attached hydrogens (tertiary/aromatic N) is 2. The van der Waals surface area contributed by atoms with Gasteiger partial charge >= 0.3 is 0 Å². The van der Waals surface area contributed by atoms with Crippen LogP contribution in [-0.4, -0.2) is 47.1 Å². The minimum Gasteiger partial charge on any atom is -0.297 e. The van der Waals surface area contributed by atoms with Gasteiger partial charge in [-0.05, 0) is 40.0 Å². The lowest BCUT2D eigenvalue weighted by atomic mass is 9.65. The van der Waals surface area contributed by atoms with E-state index in [0.29, 0.717) is 21.9 Å². The fourth-order valence-electron chi connectivity index (χ4n) is 3.07. The summed E-state index contributed by atoms with van der Waals surface area (Å²) in [7, 11) is 0. The smallest absolute Gasteiger partial charge is 0.0213 e. The molecule has 18 heavy (non-hydrogen) atoms. The Balaban J connectivity index is 1.90. The summed E-state index contributed by atoms with van der Waals surface area (Å²) in [5.74, 6) is 0. The summed E-state index contributed by atoms with van der Waals surface area (Å²) in [5, 5.41) is 0. The second-order valence-electron chi connectivity index (χ2n) is 9.19. The van der Waals surface area contributed by atoms with Gasteiger partial charge < -0.3 is 0 Å². The van der Waals surface area contributed by atoms with Crippen LogP contribution in [0.1, 0.15) is 55.4 Å². The third-order valence-corrected chi connectivity index (χ3v) is 5.68. The van der Waals surface area contributed by atoms with E-state index in [1.54, 1.807) is 0 Å². The minimum absolute atomic E-state index is 0.306. The van der Waals surface area contributed by atoms with Crippen LogP contribution in [0.4, 0.5) is 0 Å². The van der Waals surface area contributed by atoms with E-state index in [9.17, 15) is 0 Å². The van der Waals surface area contributed by atoms with Gasteiger partial charge in [0.15, 0.2) is 0 Å². The molecule has 1 spiro atoms. The standard InChI is InChI=1S/C16H32N2/c1-13(2,3)15(7,8)18-11-16(12-18)9-17(10-16)14(4,5)6/h9-12H2,1-8H3. The largest absolute Gasteiger partial charge is 0.297 e. The second-order valence-corrected chi connectivity index (χ2v) is 9.19. The van der Waals surface area contributed by atoms with Crippen molar-refractivity contribution in [3.05, 3.63) is 0 Å². The first-order valence-electron chi connectivity index (χ1n) is 7.38. The van der Waals surface area contributed by atoms with Gasteiger partial charge in [0.05, 0.1) is 0 Å². The zero-order valence-electron chi connectivity index (χ0n) is 13.7. The minimum atomic E-state index is 0.306. The molecule has 2 rings (SSSR count).